The number of anilines is 6. The normalized spacial score (nSPS) is 18.6. The topological polar surface area (TPSA) is 452 Å². The largest absolute Gasteiger partial charge is 0.356 e. The SMILES string of the molecule is CS(=O)(=O)NCC1CCCN(c2ncnc3cc(Cl)c(Cl)cc23)C1.CS(=O)(=O)NCC1CCCN(c2ncnc3cc(Cl)c(F)cc23)C1.Cc1ccc2ncnc(N3CCCC(CNS(C)(=O)=O)C3)c2c1.[C-]#[N+]c1cc2c(N3CCCC(CCCS(C)(=O)=O)C3)ncnc2cc1F.[C-]#[N+]c1cc2c(N3CCCC(CNS(C)(=O)=O)C3)nc(C)nc2cc1F.[C-]#[N+]c1cc2c(N3CCCC(CNS(C)(=O)=O)C3)ncnc2cc1Cl. The van der Waals surface area contributed by atoms with E-state index in [0.717, 1.165) is 200 Å². The van der Waals surface area contributed by atoms with Crippen molar-refractivity contribution < 1.29 is 63.7 Å². The lowest BCUT2D eigenvalue weighted by Gasteiger charge is -2.34. The van der Waals surface area contributed by atoms with Crippen molar-refractivity contribution in [3.05, 3.63) is 194 Å². The third-order valence-electron chi connectivity index (χ3n) is 25.9. The van der Waals surface area contributed by atoms with Crippen molar-refractivity contribution >= 4 is 224 Å². The van der Waals surface area contributed by atoms with Crippen molar-refractivity contribution in [2.24, 2.45) is 35.5 Å². The van der Waals surface area contributed by atoms with E-state index in [1.165, 1.54) is 92.3 Å². The molecule has 0 amide bonds. The van der Waals surface area contributed by atoms with Gasteiger partial charge in [-0.3, -0.25) is 0 Å². The van der Waals surface area contributed by atoms with Gasteiger partial charge >= 0.3 is 0 Å². The van der Waals surface area contributed by atoms with Crippen molar-refractivity contribution in [1.29, 1.82) is 0 Å². The molecule has 6 fully saturated rings. The van der Waals surface area contributed by atoms with E-state index < -0.39 is 77.4 Å². The monoisotopic (exact) mass is 2230 g/mol. The number of halogens is 7. The Morgan fingerprint density at radius 1 is 0.324 bits per heavy atom. The number of rotatable bonds is 25. The van der Waals surface area contributed by atoms with Crippen LogP contribution in [0, 0.1) is 86.5 Å². The molecule has 0 radical (unpaired) electrons. The van der Waals surface area contributed by atoms with Gasteiger partial charge in [-0.2, -0.15) is 0 Å². The number of nitrogens with zero attached hydrogens (tertiary/aromatic N) is 21. The van der Waals surface area contributed by atoms with Gasteiger partial charge in [-0.1, -0.05) is 58.0 Å². The number of nitrogens with one attached hydrogen (secondary N) is 5. The minimum absolute atomic E-state index is 0.0287. The molecule has 0 spiro atoms. The number of sulfonamides is 5. The zero-order chi connectivity index (χ0) is 107. The van der Waals surface area contributed by atoms with E-state index >= 15 is 0 Å². The van der Waals surface area contributed by atoms with Crippen LogP contribution in [-0.2, 0) is 60.0 Å². The molecule has 0 aliphatic carbocycles. The van der Waals surface area contributed by atoms with E-state index in [-0.39, 0.29) is 45.8 Å². The van der Waals surface area contributed by atoms with Crippen molar-refractivity contribution in [2.75, 3.05) is 184 Å². The first kappa shape index (κ1) is 114. The highest BCUT2D eigenvalue weighted by Crippen LogP contribution is 2.41. The number of fused-ring (bicyclic) bond motifs is 6. The molecule has 18 rings (SSSR count). The molecule has 6 aromatic carbocycles. The first-order chi connectivity index (χ1) is 70.1. The van der Waals surface area contributed by atoms with E-state index in [4.69, 9.17) is 66.1 Å². The second kappa shape index (κ2) is 50.8. The number of piperidine rings is 6. The highest BCUT2D eigenvalue weighted by molar-refractivity contribution is 7.90. The van der Waals surface area contributed by atoms with E-state index in [2.05, 4.69) is 140 Å². The molecule has 12 aromatic rings. The maximum absolute atomic E-state index is 13.9. The third kappa shape index (κ3) is 33.0. The number of aromatic nitrogens is 12. The second-order valence-corrected chi connectivity index (χ2v) is 51.1. The number of hydrogen-bond acceptors (Lipinski definition) is 30. The van der Waals surface area contributed by atoms with Gasteiger partial charge in [0.1, 0.15) is 99.7 Å². The summed E-state index contributed by atoms with van der Waals surface area (Å²) in [6.07, 6.45) is 27.7. The van der Waals surface area contributed by atoms with Crippen molar-refractivity contribution in [2.45, 2.75) is 104 Å². The van der Waals surface area contributed by atoms with E-state index in [0.29, 0.717) is 153 Å². The highest BCUT2D eigenvalue weighted by atomic mass is 35.5. The minimum Gasteiger partial charge on any atom is -0.356 e. The molecule has 0 bridgehead atoms. The highest BCUT2D eigenvalue weighted by Gasteiger charge is 2.32. The maximum atomic E-state index is 13.9. The van der Waals surface area contributed by atoms with E-state index in [9.17, 15) is 63.7 Å². The average Bonchev–Trinajstić information content (AvgIpc) is 0.759. The van der Waals surface area contributed by atoms with Gasteiger partial charge < -0.3 is 29.4 Å². The molecular weight excluding hydrogens is 2110 g/mol. The number of benzene rings is 6. The summed E-state index contributed by atoms with van der Waals surface area (Å²) in [5.41, 5.74) is 5.38. The van der Waals surface area contributed by atoms with Crippen LogP contribution in [0.4, 0.5) is 65.1 Å². The molecule has 6 aromatic heterocycles. The summed E-state index contributed by atoms with van der Waals surface area (Å²) in [6.45, 7) is 36.7. The molecule has 38 nitrogen and oxygen atoms in total. The lowest BCUT2D eigenvalue weighted by molar-refractivity contribution is 0.387. The fourth-order valence-electron chi connectivity index (χ4n) is 18.9. The Kier molecular flexibility index (Phi) is 39.2. The Bertz CT molecular complexity index is 7590. The molecule has 792 valence electrons. The predicted molar refractivity (Wildman–Crippen MR) is 578 cm³/mol. The summed E-state index contributed by atoms with van der Waals surface area (Å²) in [6, 6.07) is 21.5. The zero-order valence-corrected chi connectivity index (χ0v) is 90.8. The number of sulfone groups is 1. The van der Waals surface area contributed by atoms with Gasteiger partial charge in [0.05, 0.1) is 99.2 Å². The van der Waals surface area contributed by atoms with Crippen LogP contribution in [0.25, 0.3) is 80.0 Å². The molecule has 0 saturated carbocycles. The van der Waals surface area contributed by atoms with Gasteiger partial charge in [0, 0.05) is 161 Å². The molecule has 6 unspecified atom stereocenters. The Hall–Kier alpha value is -10.9. The van der Waals surface area contributed by atoms with E-state index in [1.807, 2.05) is 12.1 Å². The van der Waals surface area contributed by atoms with Crippen LogP contribution in [0.3, 0.4) is 0 Å². The van der Waals surface area contributed by atoms with Crippen LogP contribution in [0.5, 0.6) is 0 Å². The van der Waals surface area contributed by atoms with Crippen molar-refractivity contribution in [1.82, 2.24) is 83.4 Å². The summed E-state index contributed by atoms with van der Waals surface area (Å²) in [5.74, 6) is 5.10. The van der Waals surface area contributed by atoms with Gasteiger partial charge in [0.2, 0.25) is 67.2 Å². The van der Waals surface area contributed by atoms with Gasteiger partial charge in [-0.05, 0) is 212 Å². The Morgan fingerprint density at radius 3 is 0.980 bits per heavy atom. The minimum atomic E-state index is -3.23. The van der Waals surface area contributed by atoms with Crippen LogP contribution in [0.1, 0.15) is 101 Å². The molecule has 12 heterocycles. The molecule has 6 aliphatic rings. The van der Waals surface area contributed by atoms with Gasteiger partial charge in [0.25, 0.3) is 0 Å². The van der Waals surface area contributed by atoms with Gasteiger partial charge in [-0.25, -0.2) is 162 Å². The quantitative estimate of drug-likeness (QED) is 0.0332. The van der Waals surface area contributed by atoms with Crippen molar-refractivity contribution in [3.8, 4) is 0 Å². The first-order valence-corrected chi connectivity index (χ1v) is 60.9. The summed E-state index contributed by atoms with van der Waals surface area (Å²) in [4.78, 5) is 74.6. The second-order valence-electron chi connectivity index (χ2n) is 38.1. The Labute approximate surface area is 881 Å². The maximum Gasteiger partial charge on any atom is 0.222 e. The molecule has 5 N–H and O–H groups in total. The predicted octanol–water partition coefficient (Wildman–Crippen LogP) is 14.9. The lowest BCUT2D eigenvalue weighted by atomic mass is 9.93. The summed E-state index contributed by atoms with van der Waals surface area (Å²) in [7, 11) is -18.9. The zero-order valence-electron chi connectivity index (χ0n) is 82.9. The molecule has 6 saturated heterocycles. The van der Waals surface area contributed by atoms with Crippen LogP contribution in [-0.4, -0.2) is 265 Å². The smallest absolute Gasteiger partial charge is 0.222 e. The van der Waals surface area contributed by atoms with Crippen LogP contribution < -0.4 is 53.0 Å². The summed E-state index contributed by atoms with van der Waals surface area (Å²) >= 11 is 24.1. The average molecular weight is 2230 g/mol. The van der Waals surface area contributed by atoms with E-state index in [1.54, 1.807) is 37.5 Å². The fourth-order valence-corrected chi connectivity index (χ4v) is 23.0. The van der Waals surface area contributed by atoms with Gasteiger partial charge in [0.15, 0.2) is 0 Å². The lowest BCUT2D eigenvalue weighted by Crippen LogP contribution is -2.41. The molecule has 51 heteroatoms. The molecular formula is C97H117Cl4F3N26O12S6. The molecule has 6 aliphatic heterocycles. The summed E-state index contributed by atoms with van der Waals surface area (Å²) < 4.78 is 190. The standard InChI is InChI=1S/C18H21FN4O2S.C17H20FN5O2S.C16H18ClN5O2S.C16H22N4O2S.C15H18Cl2N4O2S.C15H18ClFN4O2S/c1-20-17-9-14-16(10-15(17)19)21-12-22-18(14)23-7-3-5-13(11-23)6-4-8-26(2,24)25;1-11-21-15-8-14(18)16(19-2)7-13(15)17(22-11)23-6-4-5-12(10-23)9-20-26(3,24)25;1-18-15-6-12-14(7-13(15)17)19-10-20-16(12)22-5-3-4-11(9-22)8-21-25(2,23)24;1-12-5-6-15-14(8-12)16(18-11-17-15)20-7-3-4-13(10-20)9-19-23(2,21)22;1-24(22,23)20-7-10-3-2-4-21(8-10)15-11-5-12(16)13(17)6-14(11)18-9-19-15;1-24(22,23)20-7-10-3-2-4-21(8-10)15-11-5-13(17)12(16)6-14(11)18-9-19-15/h9-10,12-13H,3-8,11H2,2H3;7-8,12,20H,4-6,9-10H2,1,3H3;6-7,10-11,21H,3-5,8-9H2,2H3;5-6,8,11,13,19H,3-4,7,9-10H2,1-2H3;2*5-6,9-10,20H,2-4,7-8H2,1H3. The first-order valence-electron chi connectivity index (χ1n) is 47.9. The fraction of sp³-hybridized carbons (Fsp3) is 0.474. The van der Waals surface area contributed by atoms with Crippen LogP contribution >= 0.6 is 46.4 Å². The number of hydrogen-bond donors (Lipinski definition) is 5. The van der Waals surface area contributed by atoms with Crippen LogP contribution in [0.2, 0.25) is 20.1 Å². The molecule has 6 atom stereocenters. The third-order valence-corrected chi connectivity index (χ3v) is 31.7. The Balaban J connectivity index is 0.000000148. The Morgan fingerprint density at radius 2 is 0.615 bits per heavy atom. The van der Waals surface area contributed by atoms with Crippen LogP contribution in [0.15, 0.2) is 110 Å². The number of aryl methyl sites for hydroxylation is 2. The molecule has 148 heavy (non-hydrogen) atoms. The summed E-state index contributed by atoms with van der Waals surface area (Å²) in [5, 5.41) is 5.95. The van der Waals surface area contributed by atoms with Crippen molar-refractivity contribution in [3.63, 3.8) is 0 Å². The van der Waals surface area contributed by atoms with Gasteiger partial charge in [-0.15, -0.1) is 0 Å².